The number of halogens is 2. The minimum absolute atomic E-state index is 0.0934. The Hall–Kier alpha value is -0.640. The van der Waals surface area contributed by atoms with Crippen LogP contribution in [-0.4, -0.2) is 26.3 Å². The van der Waals surface area contributed by atoms with Crippen molar-refractivity contribution in [3.8, 4) is 0 Å². The molecule has 1 saturated heterocycles. The van der Waals surface area contributed by atoms with Gasteiger partial charge in [0.1, 0.15) is 5.82 Å². The molecule has 1 aromatic rings. The van der Waals surface area contributed by atoms with Crippen molar-refractivity contribution in [2.45, 2.75) is 31.8 Å². The molecule has 0 amide bonds. The van der Waals surface area contributed by atoms with Crippen LogP contribution in [0.5, 0.6) is 0 Å². The number of rotatable bonds is 5. The minimum atomic E-state index is -0.328. The standard InChI is InChI=1S/C16H21ClFNO/c1-19-10-16(6-7-20-15(16)12-3-4-12)9-11-2-5-13(17)14(18)8-11/h2,5,8,12,15,19H,3-4,6-7,9-10H2,1H3. The van der Waals surface area contributed by atoms with E-state index in [0.717, 1.165) is 31.6 Å². The van der Waals surface area contributed by atoms with Gasteiger partial charge in [-0.15, -0.1) is 0 Å². The fraction of sp³-hybridized carbons (Fsp3) is 0.625. The van der Waals surface area contributed by atoms with Crippen LogP contribution in [0.4, 0.5) is 4.39 Å². The summed E-state index contributed by atoms with van der Waals surface area (Å²) in [7, 11) is 1.98. The van der Waals surface area contributed by atoms with Crippen LogP contribution in [0.2, 0.25) is 5.02 Å². The monoisotopic (exact) mass is 297 g/mol. The summed E-state index contributed by atoms with van der Waals surface area (Å²) in [6.45, 7) is 1.73. The highest BCUT2D eigenvalue weighted by molar-refractivity contribution is 6.30. The van der Waals surface area contributed by atoms with Crippen molar-refractivity contribution in [1.29, 1.82) is 0 Å². The summed E-state index contributed by atoms with van der Waals surface area (Å²) < 4.78 is 19.7. The van der Waals surface area contributed by atoms with Gasteiger partial charge in [0.05, 0.1) is 11.1 Å². The van der Waals surface area contributed by atoms with Gasteiger partial charge >= 0.3 is 0 Å². The Labute approximate surface area is 124 Å². The zero-order chi connectivity index (χ0) is 14.2. The lowest BCUT2D eigenvalue weighted by Gasteiger charge is -2.34. The molecule has 1 saturated carbocycles. The molecule has 20 heavy (non-hydrogen) atoms. The Morgan fingerprint density at radius 2 is 2.25 bits per heavy atom. The van der Waals surface area contributed by atoms with Gasteiger partial charge < -0.3 is 10.1 Å². The van der Waals surface area contributed by atoms with Crippen LogP contribution in [0.25, 0.3) is 0 Å². The number of hydrogen-bond donors (Lipinski definition) is 1. The van der Waals surface area contributed by atoms with Crippen molar-refractivity contribution < 1.29 is 9.13 Å². The topological polar surface area (TPSA) is 21.3 Å². The van der Waals surface area contributed by atoms with E-state index in [1.807, 2.05) is 13.1 Å². The second-order valence-electron chi connectivity index (χ2n) is 6.20. The Kier molecular flexibility index (Phi) is 4.02. The van der Waals surface area contributed by atoms with Crippen LogP contribution >= 0.6 is 11.6 Å². The SMILES string of the molecule is CNCC1(Cc2ccc(Cl)c(F)c2)CCOC1C1CC1. The zero-order valence-corrected chi connectivity index (χ0v) is 12.5. The van der Waals surface area contributed by atoms with Gasteiger partial charge in [-0.25, -0.2) is 4.39 Å². The maximum absolute atomic E-state index is 13.7. The molecule has 1 N–H and O–H groups in total. The number of hydrogen-bond acceptors (Lipinski definition) is 2. The molecular formula is C16H21ClFNO. The van der Waals surface area contributed by atoms with Crippen molar-refractivity contribution in [3.05, 3.63) is 34.6 Å². The first-order chi connectivity index (χ1) is 9.64. The molecule has 2 unspecified atom stereocenters. The highest BCUT2D eigenvalue weighted by atomic mass is 35.5. The highest BCUT2D eigenvalue weighted by Gasteiger charge is 2.50. The van der Waals surface area contributed by atoms with Gasteiger partial charge in [0, 0.05) is 18.6 Å². The van der Waals surface area contributed by atoms with Gasteiger partial charge in [0.2, 0.25) is 0 Å². The minimum Gasteiger partial charge on any atom is -0.377 e. The first kappa shape index (κ1) is 14.3. The molecule has 2 aliphatic rings. The van der Waals surface area contributed by atoms with E-state index >= 15 is 0 Å². The summed E-state index contributed by atoms with van der Waals surface area (Å²) in [5.41, 5.74) is 1.11. The quantitative estimate of drug-likeness (QED) is 0.899. The molecule has 1 heterocycles. The van der Waals surface area contributed by atoms with E-state index in [1.165, 1.54) is 12.8 Å². The van der Waals surface area contributed by atoms with Crippen LogP contribution in [0.3, 0.4) is 0 Å². The van der Waals surface area contributed by atoms with Crippen LogP contribution in [-0.2, 0) is 11.2 Å². The number of ether oxygens (including phenoxy) is 1. The van der Waals surface area contributed by atoms with Gasteiger partial charge in [-0.2, -0.15) is 0 Å². The van der Waals surface area contributed by atoms with Gasteiger partial charge in [-0.05, 0) is 56.3 Å². The Morgan fingerprint density at radius 3 is 2.90 bits per heavy atom. The highest BCUT2D eigenvalue weighted by Crippen LogP contribution is 2.49. The zero-order valence-electron chi connectivity index (χ0n) is 11.8. The van der Waals surface area contributed by atoms with Crippen LogP contribution in [0.1, 0.15) is 24.8 Å². The maximum atomic E-state index is 13.7. The Morgan fingerprint density at radius 1 is 1.45 bits per heavy atom. The van der Waals surface area contributed by atoms with Gasteiger partial charge in [-0.1, -0.05) is 17.7 Å². The Balaban J connectivity index is 1.84. The van der Waals surface area contributed by atoms with Gasteiger partial charge in [-0.3, -0.25) is 0 Å². The predicted octanol–water partition coefficient (Wildman–Crippen LogP) is 3.43. The van der Waals surface area contributed by atoms with Crippen LogP contribution < -0.4 is 5.32 Å². The average molecular weight is 298 g/mol. The molecule has 110 valence electrons. The maximum Gasteiger partial charge on any atom is 0.142 e. The normalized spacial score (nSPS) is 29.9. The van der Waals surface area contributed by atoms with E-state index < -0.39 is 0 Å². The smallest absolute Gasteiger partial charge is 0.142 e. The summed E-state index contributed by atoms with van der Waals surface area (Å²) in [5, 5.41) is 3.50. The van der Waals surface area contributed by atoms with E-state index in [9.17, 15) is 4.39 Å². The van der Waals surface area contributed by atoms with Crippen molar-refractivity contribution in [2.24, 2.45) is 11.3 Å². The summed E-state index contributed by atoms with van der Waals surface area (Å²) in [5.74, 6) is 0.369. The molecule has 0 bridgehead atoms. The fourth-order valence-corrected chi connectivity index (χ4v) is 3.71. The van der Waals surface area contributed by atoms with Gasteiger partial charge in [0.15, 0.2) is 0 Å². The lowest BCUT2D eigenvalue weighted by atomic mass is 9.74. The van der Waals surface area contributed by atoms with Crippen molar-refractivity contribution >= 4 is 11.6 Å². The molecule has 1 aliphatic carbocycles. The summed E-state index contributed by atoms with van der Waals surface area (Å²) in [6.07, 6.45) is 4.74. The van der Waals surface area contributed by atoms with Crippen LogP contribution in [0.15, 0.2) is 18.2 Å². The molecule has 2 fully saturated rings. The van der Waals surface area contributed by atoms with Crippen LogP contribution in [0, 0.1) is 17.2 Å². The van der Waals surface area contributed by atoms with E-state index in [1.54, 1.807) is 12.1 Å². The lowest BCUT2D eigenvalue weighted by molar-refractivity contribution is 0.0314. The second-order valence-corrected chi connectivity index (χ2v) is 6.60. The summed E-state index contributed by atoms with van der Waals surface area (Å²) in [6, 6.07) is 5.16. The third kappa shape index (κ3) is 2.72. The van der Waals surface area contributed by atoms with E-state index in [0.29, 0.717) is 12.0 Å². The predicted molar refractivity (Wildman–Crippen MR) is 78.6 cm³/mol. The molecule has 1 aromatic carbocycles. The first-order valence-electron chi connectivity index (χ1n) is 7.35. The third-order valence-corrected chi connectivity index (χ3v) is 4.93. The molecule has 2 nitrogen and oxygen atoms in total. The van der Waals surface area contributed by atoms with Crippen molar-refractivity contribution in [2.75, 3.05) is 20.2 Å². The molecule has 4 heteroatoms. The first-order valence-corrected chi connectivity index (χ1v) is 7.72. The lowest BCUT2D eigenvalue weighted by Crippen LogP contribution is -2.42. The van der Waals surface area contributed by atoms with E-state index in [2.05, 4.69) is 5.32 Å². The Bertz CT molecular complexity index is 491. The largest absolute Gasteiger partial charge is 0.377 e. The summed E-state index contributed by atoms with van der Waals surface area (Å²) >= 11 is 5.77. The third-order valence-electron chi connectivity index (χ3n) is 4.62. The van der Waals surface area contributed by atoms with E-state index in [4.69, 9.17) is 16.3 Å². The molecule has 2 atom stereocenters. The van der Waals surface area contributed by atoms with Crippen molar-refractivity contribution in [3.63, 3.8) is 0 Å². The molecule has 0 aromatic heterocycles. The summed E-state index contributed by atoms with van der Waals surface area (Å²) in [4.78, 5) is 0. The molecule has 1 aliphatic heterocycles. The fourth-order valence-electron chi connectivity index (χ4n) is 3.59. The number of benzene rings is 1. The molecular weight excluding hydrogens is 277 g/mol. The molecule has 0 spiro atoms. The number of nitrogens with one attached hydrogen (secondary N) is 1. The molecule has 0 radical (unpaired) electrons. The van der Waals surface area contributed by atoms with Gasteiger partial charge in [0.25, 0.3) is 0 Å². The van der Waals surface area contributed by atoms with E-state index in [-0.39, 0.29) is 16.3 Å². The molecule has 3 rings (SSSR count). The second kappa shape index (κ2) is 5.63. The average Bonchev–Trinajstić information content (AvgIpc) is 3.17. The van der Waals surface area contributed by atoms with Crippen molar-refractivity contribution in [1.82, 2.24) is 5.32 Å².